The number of fused-ring (bicyclic) bond motifs is 1. The zero-order valence-electron chi connectivity index (χ0n) is 17.7. The number of halogens is 3. The van der Waals surface area contributed by atoms with Crippen LogP contribution in [0.15, 0.2) is 18.7 Å². The van der Waals surface area contributed by atoms with Gasteiger partial charge in [-0.1, -0.05) is 0 Å². The number of nitrogens with zero attached hydrogens (tertiary/aromatic N) is 7. The topological polar surface area (TPSA) is 86.3 Å². The maximum Gasteiger partial charge on any atom is 0.419 e. The Kier molecular flexibility index (Phi) is 4.16. The molecular weight excluding hydrogens is 421 g/mol. The standard InChI is InChI=1S/C21H23F3N8/c1-10-16(27-20-25-7-15(21(22,23)24)18(28-20)11-3-4-11)8-32(29-10)12-5-13-14(6-12)17(13)19-26-9-31(2)30-19/h7-9,11-14,17H,3-6H2,1-2H3,(H,25,27,28)/t12?,13-,14+,17?. The molecule has 3 aromatic rings. The Morgan fingerprint density at radius 1 is 1.09 bits per heavy atom. The lowest BCUT2D eigenvalue weighted by Gasteiger charge is -2.14. The molecule has 8 nitrogen and oxygen atoms in total. The van der Waals surface area contributed by atoms with E-state index in [1.807, 2.05) is 24.9 Å². The molecule has 3 aliphatic carbocycles. The van der Waals surface area contributed by atoms with Gasteiger partial charge in [0.25, 0.3) is 0 Å². The van der Waals surface area contributed by atoms with Crippen LogP contribution < -0.4 is 5.32 Å². The minimum atomic E-state index is -4.44. The third-order valence-corrected chi connectivity index (χ3v) is 6.96. The molecule has 1 N–H and O–H groups in total. The number of aryl methyl sites for hydroxylation is 2. The predicted molar refractivity (Wildman–Crippen MR) is 108 cm³/mol. The Hall–Kier alpha value is -2.98. The Morgan fingerprint density at radius 2 is 1.84 bits per heavy atom. The summed E-state index contributed by atoms with van der Waals surface area (Å²) in [5.74, 6) is 2.60. The number of nitrogens with one attached hydrogen (secondary N) is 1. The molecular formula is C21H23F3N8. The summed E-state index contributed by atoms with van der Waals surface area (Å²) in [6.45, 7) is 1.88. The van der Waals surface area contributed by atoms with Crippen molar-refractivity contribution in [2.75, 3.05) is 5.32 Å². The summed E-state index contributed by atoms with van der Waals surface area (Å²) < 4.78 is 43.6. The zero-order valence-corrected chi connectivity index (χ0v) is 17.7. The first-order chi connectivity index (χ1) is 15.3. The SMILES string of the molecule is Cc1nn(C2C[C@@H]3C(c4ncn(C)n4)[C@@H]3C2)cc1Nc1ncc(C(F)(F)F)c(C2CC2)n1. The van der Waals surface area contributed by atoms with E-state index in [9.17, 15) is 13.2 Å². The smallest absolute Gasteiger partial charge is 0.321 e. The molecule has 4 atom stereocenters. The first kappa shape index (κ1) is 19.7. The van der Waals surface area contributed by atoms with Crippen LogP contribution in [0.5, 0.6) is 0 Å². The Bertz CT molecular complexity index is 1170. The van der Waals surface area contributed by atoms with Gasteiger partial charge >= 0.3 is 6.18 Å². The quantitative estimate of drug-likeness (QED) is 0.637. The molecule has 0 spiro atoms. The average molecular weight is 444 g/mol. The molecule has 32 heavy (non-hydrogen) atoms. The highest BCUT2D eigenvalue weighted by Crippen LogP contribution is 2.65. The largest absolute Gasteiger partial charge is 0.419 e. The lowest BCUT2D eigenvalue weighted by molar-refractivity contribution is -0.138. The van der Waals surface area contributed by atoms with Crippen molar-refractivity contribution in [2.45, 2.75) is 56.7 Å². The summed E-state index contributed by atoms with van der Waals surface area (Å²) in [5.41, 5.74) is 0.838. The molecule has 3 aromatic heterocycles. The van der Waals surface area contributed by atoms with Gasteiger partial charge in [-0.05, 0) is 44.4 Å². The second-order valence-electron chi connectivity index (χ2n) is 9.25. The first-order valence-electron chi connectivity index (χ1n) is 10.9. The van der Waals surface area contributed by atoms with E-state index in [-0.39, 0.29) is 17.6 Å². The first-order valence-corrected chi connectivity index (χ1v) is 10.9. The normalized spacial score (nSPS) is 26.9. The number of hydrogen-bond donors (Lipinski definition) is 1. The number of anilines is 2. The maximum atomic E-state index is 13.3. The maximum absolute atomic E-state index is 13.3. The number of rotatable bonds is 5. The van der Waals surface area contributed by atoms with Crippen molar-refractivity contribution < 1.29 is 13.2 Å². The van der Waals surface area contributed by atoms with E-state index in [2.05, 4.69) is 30.5 Å². The molecule has 3 fully saturated rings. The molecule has 3 saturated carbocycles. The Labute approximate surface area is 182 Å². The van der Waals surface area contributed by atoms with E-state index in [1.54, 1.807) is 11.0 Å². The molecule has 2 unspecified atom stereocenters. The van der Waals surface area contributed by atoms with E-state index in [0.29, 0.717) is 23.8 Å². The van der Waals surface area contributed by atoms with Crippen LogP contribution >= 0.6 is 0 Å². The van der Waals surface area contributed by atoms with Crippen molar-refractivity contribution in [3.05, 3.63) is 41.5 Å². The van der Waals surface area contributed by atoms with Crippen molar-refractivity contribution in [1.82, 2.24) is 34.5 Å². The van der Waals surface area contributed by atoms with Crippen LogP contribution in [0.1, 0.15) is 66.3 Å². The van der Waals surface area contributed by atoms with E-state index in [1.165, 1.54) is 0 Å². The molecule has 3 heterocycles. The third-order valence-electron chi connectivity index (χ3n) is 6.96. The molecule has 0 aromatic carbocycles. The van der Waals surface area contributed by atoms with Crippen LogP contribution in [0.4, 0.5) is 24.8 Å². The van der Waals surface area contributed by atoms with Gasteiger partial charge in [-0.25, -0.2) is 15.0 Å². The summed E-state index contributed by atoms with van der Waals surface area (Å²) >= 11 is 0. The van der Waals surface area contributed by atoms with Gasteiger partial charge in [0, 0.05) is 31.3 Å². The highest BCUT2D eigenvalue weighted by molar-refractivity contribution is 5.55. The van der Waals surface area contributed by atoms with Crippen molar-refractivity contribution in [3.63, 3.8) is 0 Å². The molecule has 0 saturated heterocycles. The third kappa shape index (κ3) is 3.34. The summed E-state index contributed by atoms with van der Waals surface area (Å²) in [6.07, 6.45) is 3.62. The number of hydrogen-bond acceptors (Lipinski definition) is 6. The van der Waals surface area contributed by atoms with Gasteiger partial charge in [-0.2, -0.15) is 23.4 Å². The van der Waals surface area contributed by atoms with Crippen molar-refractivity contribution in [1.29, 1.82) is 0 Å². The van der Waals surface area contributed by atoms with Gasteiger partial charge in [-0.3, -0.25) is 9.36 Å². The second-order valence-corrected chi connectivity index (χ2v) is 9.25. The average Bonchev–Trinajstić information content (AvgIpc) is 3.56. The van der Waals surface area contributed by atoms with Crippen LogP contribution in [-0.4, -0.2) is 34.5 Å². The Balaban J connectivity index is 1.17. The minimum Gasteiger partial charge on any atom is -0.321 e. The molecule has 11 heteroatoms. The van der Waals surface area contributed by atoms with Crippen molar-refractivity contribution in [2.24, 2.45) is 18.9 Å². The monoisotopic (exact) mass is 444 g/mol. The van der Waals surface area contributed by atoms with E-state index in [0.717, 1.165) is 49.1 Å². The van der Waals surface area contributed by atoms with Gasteiger partial charge in [0.05, 0.1) is 28.7 Å². The second kappa shape index (κ2) is 6.76. The molecule has 0 bridgehead atoms. The summed E-state index contributed by atoms with van der Waals surface area (Å²) in [5, 5.41) is 12.2. The molecule has 6 rings (SSSR count). The summed E-state index contributed by atoms with van der Waals surface area (Å²) in [7, 11) is 1.88. The Morgan fingerprint density at radius 3 is 2.47 bits per heavy atom. The molecule has 0 radical (unpaired) electrons. The summed E-state index contributed by atoms with van der Waals surface area (Å²) in [4.78, 5) is 12.5. The highest BCUT2D eigenvalue weighted by atomic mass is 19.4. The van der Waals surface area contributed by atoms with E-state index in [4.69, 9.17) is 0 Å². The minimum absolute atomic E-state index is 0.0881. The van der Waals surface area contributed by atoms with E-state index >= 15 is 0 Å². The van der Waals surface area contributed by atoms with Gasteiger partial charge in [0.1, 0.15) is 6.33 Å². The van der Waals surface area contributed by atoms with Crippen LogP contribution in [-0.2, 0) is 13.2 Å². The molecule has 3 aliphatic rings. The van der Waals surface area contributed by atoms with E-state index < -0.39 is 11.7 Å². The predicted octanol–water partition coefficient (Wildman–Crippen LogP) is 4.11. The lowest BCUT2D eigenvalue weighted by atomic mass is 10.1. The van der Waals surface area contributed by atoms with Gasteiger partial charge < -0.3 is 5.32 Å². The van der Waals surface area contributed by atoms with Crippen molar-refractivity contribution in [3.8, 4) is 0 Å². The van der Waals surface area contributed by atoms with Crippen molar-refractivity contribution >= 4 is 11.6 Å². The highest BCUT2D eigenvalue weighted by Gasteiger charge is 2.58. The van der Waals surface area contributed by atoms with Gasteiger partial charge in [-0.15, -0.1) is 0 Å². The van der Waals surface area contributed by atoms with Crippen LogP contribution in [0.2, 0.25) is 0 Å². The number of aromatic nitrogens is 7. The van der Waals surface area contributed by atoms with Gasteiger partial charge in [0.2, 0.25) is 5.95 Å². The lowest BCUT2D eigenvalue weighted by Crippen LogP contribution is -2.12. The van der Waals surface area contributed by atoms with Crippen LogP contribution in [0, 0.1) is 18.8 Å². The number of alkyl halides is 3. The van der Waals surface area contributed by atoms with Gasteiger partial charge in [0.15, 0.2) is 5.82 Å². The fourth-order valence-electron chi connectivity index (χ4n) is 5.17. The fourth-order valence-corrected chi connectivity index (χ4v) is 5.17. The molecule has 0 amide bonds. The fraction of sp³-hybridized carbons (Fsp3) is 0.571. The molecule has 168 valence electrons. The summed E-state index contributed by atoms with van der Waals surface area (Å²) in [6, 6.07) is 0.301. The van der Waals surface area contributed by atoms with Crippen LogP contribution in [0.25, 0.3) is 0 Å². The molecule has 0 aliphatic heterocycles. The van der Waals surface area contributed by atoms with Crippen LogP contribution in [0.3, 0.4) is 0 Å². The zero-order chi connectivity index (χ0) is 22.2.